The van der Waals surface area contributed by atoms with E-state index in [4.69, 9.17) is 28.4 Å². The largest absolute Gasteiger partial charge is 0.459 e. The van der Waals surface area contributed by atoms with E-state index in [-0.39, 0.29) is 37.3 Å². The predicted molar refractivity (Wildman–Crippen MR) is 194 cm³/mol. The minimum absolute atomic E-state index is 0.110. The minimum Gasteiger partial charge on any atom is -0.459 e. The van der Waals surface area contributed by atoms with E-state index in [1.807, 2.05) is 39.8 Å². The molecule has 3 aliphatic rings. The third-order valence-electron chi connectivity index (χ3n) is 12.5. The van der Waals surface area contributed by atoms with Gasteiger partial charge in [-0.2, -0.15) is 0 Å². The Morgan fingerprint density at radius 2 is 1.56 bits per heavy atom. The van der Waals surface area contributed by atoms with Gasteiger partial charge in [0.2, 0.25) is 0 Å². The van der Waals surface area contributed by atoms with Crippen molar-refractivity contribution >= 4 is 5.97 Å². The van der Waals surface area contributed by atoms with Crippen LogP contribution in [0.4, 0.5) is 0 Å². The van der Waals surface area contributed by atoms with Crippen LogP contribution in [-0.4, -0.2) is 154 Å². The van der Waals surface area contributed by atoms with Crippen LogP contribution in [-0.2, 0) is 33.2 Å². The van der Waals surface area contributed by atoms with Gasteiger partial charge in [0.25, 0.3) is 0 Å². The van der Waals surface area contributed by atoms with Gasteiger partial charge in [-0.25, -0.2) is 0 Å². The number of nitrogens with one attached hydrogen (secondary N) is 1. The average molecular weight is 749 g/mol. The van der Waals surface area contributed by atoms with Gasteiger partial charge in [0.05, 0.1) is 35.9 Å². The summed E-state index contributed by atoms with van der Waals surface area (Å²) in [6.07, 6.45) is -7.42. The predicted octanol–water partition coefficient (Wildman–Crippen LogP) is 1.95. The van der Waals surface area contributed by atoms with Gasteiger partial charge in [-0.1, -0.05) is 20.8 Å². The number of aliphatic hydroxyl groups is 5. The van der Waals surface area contributed by atoms with Crippen LogP contribution >= 0.6 is 0 Å². The Morgan fingerprint density at radius 1 is 0.942 bits per heavy atom. The standard InChI is InChI=1S/C38H72N2O12/c1-15-27-37(10,45)31(42)24(6)39-19-20(2)17-35(8,44)32(52-34-29(41)26(40(12)13)16-21(3)48-34)22(4)30(23(5)33(43)50-27)51-28-18-36(9,47-14)38(11,46)25(7)49-28/h20-32,34,39,41-42,44-46H,15-19H2,1-14H3/t20-,21-,22+,23-,24-,25+,26+,27?,28+,29-,30+,31-,32-,34+,35-,36-,37-,38-/m1/s1. The zero-order chi connectivity index (χ0) is 39.7. The lowest BCUT2D eigenvalue weighted by Crippen LogP contribution is -2.65. The number of nitrogens with zero attached hydrogens (tertiary/aromatic N) is 1. The SMILES string of the molecule is CCC1OC(=O)[C@H](C)[C@@H](O[C@H]2C[C@@](C)(OC)[C@](C)(O)[C@H](C)O2)[C@H](C)[C@@H](O[C@@H]2O[C@H](C)C[C@H](N(C)C)[C@H]2O)[C@](C)(O)C[C@@H](C)CN[C@H](C)[C@@H](O)[C@]1(C)O. The molecule has 3 saturated heterocycles. The van der Waals surface area contributed by atoms with Gasteiger partial charge in [0.15, 0.2) is 12.6 Å². The van der Waals surface area contributed by atoms with E-state index in [9.17, 15) is 30.3 Å². The molecule has 52 heavy (non-hydrogen) atoms. The van der Waals surface area contributed by atoms with Crippen LogP contribution in [0.3, 0.4) is 0 Å². The van der Waals surface area contributed by atoms with E-state index in [1.54, 1.807) is 48.5 Å². The highest BCUT2D eigenvalue weighted by atomic mass is 16.7. The molecule has 0 aromatic rings. The molecule has 6 N–H and O–H groups in total. The average Bonchev–Trinajstić information content (AvgIpc) is 3.05. The molecule has 0 amide bonds. The van der Waals surface area contributed by atoms with Crippen molar-refractivity contribution in [2.45, 2.75) is 192 Å². The summed E-state index contributed by atoms with van der Waals surface area (Å²) >= 11 is 0. The quantitative estimate of drug-likeness (QED) is 0.207. The molecule has 3 heterocycles. The lowest BCUT2D eigenvalue weighted by atomic mass is 9.76. The van der Waals surface area contributed by atoms with Gasteiger partial charge in [-0.3, -0.25) is 4.79 Å². The van der Waals surface area contributed by atoms with Gasteiger partial charge in [-0.15, -0.1) is 0 Å². The fourth-order valence-corrected chi connectivity index (χ4v) is 8.50. The maximum absolute atomic E-state index is 14.2. The monoisotopic (exact) mass is 749 g/mol. The summed E-state index contributed by atoms with van der Waals surface area (Å²) in [4.78, 5) is 16.1. The van der Waals surface area contributed by atoms with Crippen LogP contribution in [0.25, 0.3) is 0 Å². The van der Waals surface area contributed by atoms with Crippen LogP contribution in [0.2, 0.25) is 0 Å². The van der Waals surface area contributed by atoms with Crippen molar-refractivity contribution < 1.29 is 58.7 Å². The highest BCUT2D eigenvalue weighted by molar-refractivity contribution is 5.73. The zero-order valence-corrected chi connectivity index (χ0v) is 34.2. The van der Waals surface area contributed by atoms with E-state index in [1.165, 1.54) is 14.0 Å². The molecule has 0 bridgehead atoms. The summed E-state index contributed by atoms with van der Waals surface area (Å²) in [5, 5.41) is 61.5. The maximum Gasteiger partial charge on any atom is 0.311 e. The second kappa shape index (κ2) is 17.4. The molecule has 3 rings (SSSR count). The van der Waals surface area contributed by atoms with E-state index >= 15 is 0 Å². The molecule has 0 aromatic heterocycles. The molecule has 0 radical (unpaired) electrons. The van der Waals surface area contributed by atoms with Crippen molar-refractivity contribution in [2.75, 3.05) is 27.7 Å². The van der Waals surface area contributed by atoms with E-state index in [0.29, 0.717) is 13.0 Å². The van der Waals surface area contributed by atoms with Gasteiger partial charge in [0.1, 0.15) is 35.1 Å². The Bertz CT molecular complexity index is 1160. The molecule has 3 aliphatic heterocycles. The topological polar surface area (TPSA) is 189 Å². The zero-order valence-electron chi connectivity index (χ0n) is 34.2. The van der Waals surface area contributed by atoms with Crippen molar-refractivity contribution in [2.24, 2.45) is 17.8 Å². The molecule has 3 fully saturated rings. The number of hydrogen-bond acceptors (Lipinski definition) is 14. The Balaban J connectivity index is 2.16. The highest BCUT2D eigenvalue weighted by Gasteiger charge is 2.56. The lowest BCUT2D eigenvalue weighted by Gasteiger charge is -2.52. The molecule has 0 aromatic carbocycles. The number of ether oxygens (including phenoxy) is 6. The lowest BCUT2D eigenvalue weighted by molar-refractivity contribution is -0.334. The Labute approximate surface area is 311 Å². The number of hydrogen-bond donors (Lipinski definition) is 6. The summed E-state index contributed by atoms with van der Waals surface area (Å²) in [6.45, 7) is 19.5. The first-order chi connectivity index (χ1) is 23.8. The number of methoxy groups -OCH3 is 1. The van der Waals surface area contributed by atoms with Crippen molar-refractivity contribution in [3.63, 3.8) is 0 Å². The van der Waals surface area contributed by atoms with Crippen LogP contribution in [0.1, 0.15) is 102 Å². The van der Waals surface area contributed by atoms with Crippen LogP contribution in [0, 0.1) is 17.8 Å². The molecule has 0 saturated carbocycles. The van der Waals surface area contributed by atoms with Gasteiger partial charge < -0.3 is 64.2 Å². The van der Waals surface area contributed by atoms with E-state index in [2.05, 4.69) is 5.32 Å². The minimum atomic E-state index is -1.80. The summed E-state index contributed by atoms with van der Waals surface area (Å²) in [7, 11) is 5.27. The number of rotatable bonds is 7. The Hall–Kier alpha value is -1.01. The summed E-state index contributed by atoms with van der Waals surface area (Å²) < 4.78 is 37.7. The molecule has 306 valence electrons. The second-order valence-corrected chi connectivity index (χ2v) is 17.2. The fourth-order valence-electron chi connectivity index (χ4n) is 8.50. The van der Waals surface area contributed by atoms with E-state index < -0.39 is 95.5 Å². The first-order valence-corrected chi connectivity index (χ1v) is 19.1. The Morgan fingerprint density at radius 3 is 2.12 bits per heavy atom. The third-order valence-corrected chi connectivity index (χ3v) is 12.5. The molecule has 18 atom stereocenters. The third kappa shape index (κ3) is 9.67. The molecular weight excluding hydrogens is 676 g/mol. The highest BCUT2D eigenvalue weighted by Crippen LogP contribution is 2.43. The number of cyclic esters (lactones) is 1. The fraction of sp³-hybridized carbons (Fsp3) is 0.974. The number of aliphatic hydroxyl groups excluding tert-OH is 2. The smallest absolute Gasteiger partial charge is 0.311 e. The first kappa shape index (κ1) is 45.4. The van der Waals surface area contributed by atoms with E-state index in [0.717, 1.165) is 0 Å². The molecule has 0 aliphatic carbocycles. The van der Waals surface area contributed by atoms with Crippen LogP contribution < -0.4 is 5.32 Å². The first-order valence-electron chi connectivity index (χ1n) is 19.1. The van der Waals surface area contributed by atoms with Crippen LogP contribution in [0.15, 0.2) is 0 Å². The summed E-state index contributed by atoms with van der Waals surface area (Å²) in [5.41, 5.74) is -5.82. The molecule has 14 heteroatoms. The summed E-state index contributed by atoms with van der Waals surface area (Å²) in [5.74, 6) is -2.63. The van der Waals surface area contributed by atoms with Crippen molar-refractivity contribution in [3.8, 4) is 0 Å². The molecule has 1 unspecified atom stereocenters. The number of carbonyl (C=O) groups is 1. The van der Waals surface area contributed by atoms with Gasteiger partial charge in [0, 0.05) is 31.5 Å². The van der Waals surface area contributed by atoms with Gasteiger partial charge >= 0.3 is 5.97 Å². The number of esters is 1. The molecule has 0 spiro atoms. The summed E-state index contributed by atoms with van der Waals surface area (Å²) in [6, 6.07) is -0.864. The van der Waals surface area contributed by atoms with Crippen LogP contribution in [0.5, 0.6) is 0 Å². The van der Waals surface area contributed by atoms with Crippen molar-refractivity contribution in [3.05, 3.63) is 0 Å². The number of likely N-dealkylation sites (N-methyl/N-ethyl adjacent to an activating group) is 1. The van der Waals surface area contributed by atoms with Crippen molar-refractivity contribution in [1.29, 1.82) is 0 Å². The molecular formula is C38H72N2O12. The normalized spacial score (nSPS) is 50.7. The maximum atomic E-state index is 14.2. The number of carbonyl (C=O) groups excluding carboxylic acids is 1. The molecule has 14 nitrogen and oxygen atoms in total. The second-order valence-electron chi connectivity index (χ2n) is 17.2. The van der Waals surface area contributed by atoms with Crippen molar-refractivity contribution in [1.82, 2.24) is 10.2 Å². The Kier molecular flexibility index (Phi) is 15.2. The van der Waals surface area contributed by atoms with Gasteiger partial charge in [-0.05, 0) is 101 Å².